The van der Waals surface area contributed by atoms with Crippen molar-refractivity contribution in [3.8, 4) is 0 Å². The maximum absolute atomic E-state index is 13.3. The molecule has 0 fully saturated rings. The van der Waals surface area contributed by atoms with Gasteiger partial charge >= 0.3 is 5.97 Å². The van der Waals surface area contributed by atoms with E-state index < -0.39 is 27.6 Å². The van der Waals surface area contributed by atoms with Gasteiger partial charge in [-0.1, -0.05) is 30.3 Å². The molecule has 0 saturated carbocycles. The fourth-order valence-corrected chi connectivity index (χ4v) is 6.72. The zero-order valence-corrected chi connectivity index (χ0v) is 25.4. The van der Waals surface area contributed by atoms with E-state index in [1.165, 1.54) is 11.3 Å². The molecule has 4 rings (SSSR count). The summed E-state index contributed by atoms with van der Waals surface area (Å²) in [7, 11) is -4.00. The first-order chi connectivity index (χ1) is 19.5. The average Bonchev–Trinajstić information content (AvgIpc) is 3.37. The topological polar surface area (TPSA) is 126 Å². The van der Waals surface area contributed by atoms with Gasteiger partial charge in [-0.25, -0.2) is 8.42 Å². The number of hydrogen-bond donors (Lipinski definition) is 3. The molecule has 0 saturated heterocycles. The number of ether oxygens (including phenoxy) is 1. The van der Waals surface area contributed by atoms with E-state index in [4.69, 9.17) is 4.74 Å². The van der Waals surface area contributed by atoms with Crippen molar-refractivity contribution in [2.24, 2.45) is 4.99 Å². The molecule has 1 amide bonds. The molecule has 2 aromatic carbocycles. The van der Waals surface area contributed by atoms with Gasteiger partial charge in [-0.3, -0.25) is 19.9 Å². The molecule has 1 aromatic heterocycles. The van der Waals surface area contributed by atoms with Crippen molar-refractivity contribution in [3.63, 3.8) is 0 Å². The molecule has 0 unspecified atom stereocenters. The van der Waals surface area contributed by atoms with Crippen molar-refractivity contribution < 1.29 is 22.7 Å². The number of rotatable bonds is 11. The zero-order valence-electron chi connectivity index (χ0n) is 23.7. The number of fused-ring (bicyclic) bond motifs is 1. The van der Waals surface area contributed by atoms with Crippen LogP contribution in [0.5, 0.6) is 0 Å². The number of thiophene rings is 1. The van der Waals surface area contributed by atoms with E-state index in [1.807, 2.05) is 36.4 Å². The first kappa shape index (κ1) is 30.7. The predicted molar refractivity (Wildman–Crippen MR) is 163 cm³/mol. The number of nitrogens with one attached hydrogen (secondary N) is 3. The van der Waals surface area contributed by atoms with Crippen LogP contribution in [0.4, 0.5) is 0 Å². The monoisotopic (exact) mass is 598 g/mol. The third kappa shape index (κ3) is 9.37. The van der Waals surface area contributed by atoms with Crippen LogP contribution < -0.4 is 15.4 Å². The van der Waals surface area contributed by atoms with Crippen LogP contribution in [0, 0.1) is 0 Å². The van der Waals surface area contributed by atoms with Gasteiger partial charge in [0.15, 0.2) is 5.96 Å². The Balaban J connectivity index is 1.37. The standard InChI is InChI=1S/C30H38N4O5S2/c1-30(2,3)39-28(36)26(34-41(37,38)25-16-13-21-9-4-5-10-22(21)19-25)20-24-15-14-23(40-24)11-6-7-12-27(35)33-29-31-17-8-18-32-29/h4-5,9-10,13-16,19,26,34H,6-8,11-12,17-18,20H2,1-3H3,(H2,31,32,33,35)/t26-/m0/s1. The van der Waals surface area contributed by atoms with E-state index in [9.17, 15) is 18.0 Å². The smallest absolute Gasteiger partial charge is 0.325 e. The van der Waals surface area contributed by atoms with Crippen LogP contribution >= 0.6 is 11.3 Å². The van der Waals surface area contributed by atoms with Crippen molar-refractivity contribution in [2.45, 2.75) is 75.8 Å². The van der Waals surface area contributed by atoms with Gasteiger partial charge in [-0.2, -0.15) is 4.72 Å². The molecule has 220 valence electrons. The average molecular weight is 599 g/mol. The summed E-state index contributed by atoms with van der Waals surface area (Å²) < 4.78 is 34.9. The molecule has 1 aliphatic heterocycles. The van der Waals surface area contributed by atoms with Gasteiger partial charge in [-0.05, 0) is 81.5 Å². The molecule has 3 N–H and O–H groups in total. The van der Waals surface area contributed by atoms with Crippen LogP contribution in [0.1, 0.15) is 56.2 Å². The minimum atomic E-state index is -4.00. The van der Waals surface area contributed by atoms with Gasteiger partial charge in [0, 0.05) is 35.7 Å². The van der Waals surface area contributed by atoms with Gasteiger partial charge in [0.1, 0.15) is 11.6 Å². The quantitative estimate of drug-likeness (QED) is 0.223. The number of esters is 1. The normalized spacial score (nSPS) is 14.7. The Morgan fingerprint density at radius 1 is 1.05 bits per heavy atom. The first-order valence-corrected chi connectivity index (χ1v) is 16.2. The summed E-state index contributed by atoms with van der Waals surface area (Å²) in [5, 5.41) is 7.61. The second-order valence-electron chi connectivity index (χ2n) is 11.1. The van der Waals surface area contributed by atoms with Crippen LogP contribution in [-0.2, 0) is 37.2 Å². The number of nitrogens with zero attached hydrogens (tertiary/aromatic N) is 1. The van der Waals surface area contributed by atoms with E-state index in [1.54, 1.807) is 39.0 Å². The second-order valence-corrected chi connectivity index (χ2v) is 14.0. The molecule has 9 nitrogen and oxygen atoms in total. The maximum atomic E-state index is 13.3. The number of amides is 1. The highest BCUT2D eigenvalue weighted by Gasteiger charge is 2.30. The number of aryl methyl sites for hydroxylation is 1. The molecule has 1 atom stereocenters. The minimum absolute atomic E-state index is 0.0519. The minimum Gasteiger partial charge on any atom is -0.459 e. The van der Waals surface area contributed by atoms with Crippen molar-refractivity contribution >= 4 is 50.0 Å². The number of carbonyl (C=O) groups is 2. The molecule has 0 bridgehead atoms. The lowest BCUT2D eigenvalue weighted by atomic mass is 10.1. The van der Waals surface area contributed by atoms with Crippen LogP contribution in [0.2, 0.25) is 0 Å². The molecule has 0 spiro atoms. The lowest BCUT2D eigenvalue weighted by Crippen LogP contribution is -2.45. The SMILES string of the molecule is CC(C)(C)OC(=O)[C@H](Cc1ccc(CCCCC(=O)NC2=NCCCN2)s1)NS(=O)(=O)c1ccc2ccccc2c1. The number of unbranched alkanes of at least 4 members (excludes halogenated alkanes) is 1. The highest BCUT2D eigenvalue weighted by molar-refractivity contribution is 7.89. The molecule has 11 heteroatoms. The van der Waals surface area contributed by atoms with E-state index in [-0.39, 0.29) is 17.2 Å². The number of sulfonamides is 1. The summed E-state index contributed by atoms with van der Waals surface area (Å²) in [6.45, 7) is 6.80. The van der Waals surface area contributed by atoms with Gasteiger partial charge in [0.05, 0.1) is 4.90 Å². The molecular weight excluding hydrogens is 560 g/mol. The summed E-state index contributed by atoms with van der Waals surface area (Å²) >= 11 is 1.54. The van der Waals surface area contributed by atoms with Crippen molar-refractivity contribution in [3.05, 3.63) is 64.4 Å². The Morgan fingerprint density at radius 2 is 1.80 bits per heavy atom. The van der Waals surface area contributed by atoms with E-state index >= 15 is 0 Å². The first-order valence-electron chi connectivity index (χ1n) is 13.9. The maximum Gasteiger partial charge on any atom is 0.325 e. The summed E-state index contributed by atoms with van der Waals surface area (Å²) in [5.74, 6) is -0.122. The molecule has 0 aliphatic carbocycles. The molecule has 0 radical (unpaired) electrons. The fraction of sp³-hybridized carbons (Fsp3) is 0.433. The predicted octanol–water partition coefficient (Wildman–Crippen LogP) is 4.31. The lowest BCUT2D eigenvalue weighted by Gasteiger charge is -2.24. The highest BCUT2D eigenvalue weighted by atomic mass is 32.2. The lowest BCUT2D eigenvalue weighted by molar-refractivity contribution is -0.156. The molecule has 41 heavy (non-hydrogen) atoms. The highest BCUT2D eigenvalue weighted by Crippen LogP contribution is 2.23. The summed E-state index contributed by atoms with van der Waals surface area (Å²) in [6, 6.07) is 15.2. The summed E-state index contributed by atoms with van der Waals surface area (Å²) in [4.78, 5) is 31.6. The Morgan fingerprint density at radius 3 is 2.54 bits per heavy atom. The number of aliphatic imine (C=N–C) groups is 1. The van der Waals surface area contributed by atoms with Gasteiger partial charge in [-0.15, -0.1) is 11.3 Å². The van der Waals surface area contributed by atoms with Gasteiger partial charge in [0.25, 0.3) is 0 Å². The van der Waals surface area contributed by atoms with Crippen LogP contribution in [0.15, 0.2) is 64.5 Å². The Labute approximate surface area is 245 Å². The van der Waals surface area contributed by atoms with E-state index in [2.05, 4.69) is 20.3 Å². The Hall–Kier alpha value is -3.28. The fourth-order valence-electron chi connectivity index (χ4n) is 4.40. The second kappa shape index (κ2) is 13.6. The third-order valence-corrected chi connectivity index (χ3v) is 9.01. The number of guanidine groups is 1. The zero-order chi connectivity index (χ0) is 29.5. The molecule has 2 heterocycles. The van der Waals surface area contributed by atoms with Gasteiger partial charge < -0.3 is 10.1 Å². The summed E-state index contributed by atoms with van der Waals surface area (Å²) in [5.41, 5.74) is -0.768. The number of benzene rings is 2. The molecular formula is C30H38N4O5S2. The van der Waals surface area contributed by atoms with Crippen molar-refractivity contribution in [1.82, 2.24) is 15.4 Å². The third-order valence-electron chi connectivity index (χ3n) is 6.37. The van der Waals surface area contributed by atoms with Crippen LogP contribution in [-0.4, -0.2) is 51.0 Å². The Bertz CT molecular complexity index is 1510. The van der Waals surface area contributed by atoms with Crippen molar-refractivity contribution in [1.29, 1.82) is 0 Å². The van der Waals surface area contributed by atoms with Gasteiger partial charge in [0.2, 0.25) is 15.9 Å². The summed E-state index contributed by atoms with van der Waals surface area (Å²) in [6.07, 6.45) is 3.91. The molecule has 1 aliphatic rings. The number of hydrogen-bond acceptors (Lipinski definition) is 8. The number of carbonyl (C=O) groups excluding carboxylic acids is 2. The Kier molecular flexibility index (Phi) is 10.2. The van der Waals surface area contributed by atoms with Crippen molar-refractivity contribution in [2.75, 3.05) is 13.1 Å². The molecule has 3 aromatic rings. The van der Waals surface area contributed by atoms with Crippen LogP contribution in [0.3, 0.4) is 0 Å². The largest absolute Gasteiger partial charge is 0.459 e. The van der Waals surface area contributed by atoms with E-state index in [0.29, 0.717) is 12.4 Å². The van der Waals surface area contributed by atoms with Crippen LogP contribution in [0.25, 0.3) is 10.8 Å². The van der Waals surface area contributed by atoms with E-state index in [0.717, 1.165) is 59.3 Å².